The number of likely N-dealkylation sites (tertiary alicyclic amines) is 1. The highest BCUT2D eigenvalue weighted by Crippen LogP contribution is 2.20. The van der Waals surface area contributed by atoms with Gasteiger partial charge in [-0.1, -0.05) is 24.3 Å². The van der Waals surface area contributed by atoms with Gasteiger partial charge in [-0.3, -0.25) is 4.79 Å². The lowest BCUT2D eigenvalue weighted by Crippen LogP contribution is -2.34. The molecular weight excluding hydrogens is 357 g/mol. The summed E-state index contributed by atoms with van der Waals surface area (Å²) in [5, 5.41) is 0. The molecule has 2 aromatic carbocycles. The van der Waals surface area contributed by atoms with E-state index in [1.54, 1.807) is 35.2 Å². The first-order chi connectivity index (χ1) is 12.9. The van der Waals surface area contributed by atoms with Crippen molar-refractivity contribution in [3.8, 4) is 5.75 Å². The van der Waals surface area contributed by atoms with E-state index >= 15 is 0 Å². The summed E-state index contributed by atoms with van der Waals surface area (Å²) >= 11 is 0. The van der Waals surface area contributed by atoms with Crippen molar-refractivity contribution in [2.45, 2.75) is 19.1 Å². The number of rotatable bonds is 4. The number of hydrogen-bond donors (Lipinski definition) is 0. The predicted molar refractivity (Wildman–Crippen MR) is 97.5 cm³/mol. The fourth-order valence-corrected chi connectivity index (χ4v) is 2.75. The molecular formula is C20H23F3N2O2. The minimum absolute atomic E-state index is 0.00852. The van der Waals surface area contributed by atoms with Crippen LogP contribution < -0.4 is 4.74 Å². The SMILES string of the molecule is CN(C)[C@@H]1CCN(C(=O)c2cccc(OC(F)F)c2)C1.Fc1ccccc1. The van der Waals surface area contributed by atoms with Gasteiger partial charge in [-0.15, -0.1) is 0 Å². The normalized spacial score (nSPS) is 16.3. The van der Waals surface area contributed by atoms with E-state index < -0.39 is 6.61 Å². The number of nitrogens with zero attached hydrogens (tertiary/aromatic N) is 2. The predicted octanol–water partition coefficient (Wildman–Crippen LogP) is 3.89. The van der Waals surface area contributed by atoms with E-state index in [0.717, 1.165) is 6.42 Å². The molecule has 2 aromatic rings. The molecule has 0 bridgehead atoms. The number of likely N-dealkylation sites (N-methyl/N-ethyl adjacent to an activating group) is 1. The van der Waals surface area contributed by atoms with Gasteiger partial charge in [0.1, 0.15) is 11.6 Å². The third-order valence-corrected chi connectivity index (χ3v) is 4.22. The lowest BCUT2D eigenvalue weighted by molar-refractivity contribution is -0.0499. The van der Waals surface area contributed by atoms with Crippen molar-refractivity contribution in [1.82, 2.24) is 9.80 Å². The van der Waals surface area contributed by atoms with Gasteiger partial charge in [-0.05, 0) is 50.8 Å². The highest BCUT2D eigenvalue weighted by molar-refractivity contribution is 5.94. The molecule has 0 saturated carbocycles. The van der Waals surface area contributed by atoms with Crippen LogP contribution >= 0.6 is 0 Å². The first-order valence-electron chi connectivity index (χ1n) is 8.58. The van der Waals surface area contributed by atoms with Gasteiger partial charge >= 0.3 is 6.61 Å². The monoisotopic (exact) mass is 380 g/mol. The van der Waals surface area contributed by atoms with Gasteiger partial charge < -0.3 is 14.5 Å². The van der Waals surface area contributed by atoms with E-state index in [-0.39, 0.29) is 17.5 Å². The van der Waals surface area contributed by atoms with Crippen LogP contribution in [0.4, 0.5) is 13.2 Å². The van der Waals surface area contributed by atoms with Gasteiger partial charge in [0.2, 0.25) is 0 Å². The fourth-order valence-electron chi connectivity index (χ4n) is 2.75. The van der Waals surface area contributed by atoms with Gasteiger partial charge in [0, 0.05) is 24.7 Å². The molecule has 3 rings (SSSR count). The van der Waals surface area contributed by atoms with Gasteiger partial charge in [-0.25, -0.2) is 4.39 Å². The lowest BCUT2D eigenvalue weighted by Gasteiger charge is -2.20. The van der Waals surface area contributed by atoms with Crippen molar-refractivity contribution >= 4 is 5.91 Å². The van der Waals surface area contributed by atoms with Crippen LogP contribution in [0.3, 0.4) is 0 Å². The number of hydrogen-bond acceptors (Lipinski definition) is 3. The molecule has 146 valence electrons. The largest absolute Gasteiger partial charge is 0.435 e. The van der Waals surface area contributed by atoms with E-state index in [0.29, 0.717) is 24.7 Å². The Balaban J connectivity index is 0.000000313. The summed E-state index contributed by atoms with van der Waals surface area (Å²) in [6.07, 6.45) is 0.923. The Hall–Kier alpha value is -2.54. The van der Waals surface area contributed by atoms with Crippen LogP contribution in [0.1, 0.15) is 16.8 Å². The van der Waals surface area contributed by atoms with Crippen LogP contribution in [0.2, 0.25) is 0 Å². The minimum atomic E-state index is -2.88. The molecule has 1 amide bonds. The topological polar surface area (TPSA) is 32.8 Å². The van der Waals surface area contributed by atoms with E-state index in [9.17, 15) is 18.0 Å². The Morgan fingerprint density at radius 3 is 2.37 bits per heavy atom. The molecule has 0 aromatic heterocycles. The van der Waals surface area contributed by atoms with Gasteiger partial charge in [0.05, 0.1) is 0 Å². The summed E-state index contributed by atoms with van der Waals surface area (Å²) in [5.74, 6) is -0.314. The second-order valence-electron chi connectivity index (χ2n) is 6.36. The summed E-state index contributed by atoms with van der Waals surface area (Å²) < 4.78 is 40.6. The zero-order valence-corrected chi connectivity index (χ0v) is 15.3. The maximum Gasteiger partial charge on any atom is 0.387 e. The van der Waals surface area contributed by atoms with Crippen molar-refractivity contribution in [3.63, 3.8) is 0 Å². The summed E-state index contributed by atoms with van der Waals surface area (Å²) in [5.41, 5.74) is 0.377. The third kappa shape index (κ3) is 6.60. The van der Waals surface area contributed by atoms with Crippen molar-refractivity contribution in [2.75, 3.05) is 27.2 Å². The average Bonchev–Trinajstić information content (AvgIpc) is 3.12. The maximum absolute atomic E-state index is 12.3. The van der Waals surface area contributed by atoms with Crippen LogP contribution in [0.15, 0.2) is 54.6 Å². The molecule has 1 fully saturated rings. The maximum atomic E-state index is 12.3. The number of carbonyl (C=O) groups is 1. The van der Waals surface area contributed by atoms with Crippen LogP contribution in [0, 0.1) is 5.82 Å². The Kier molecular flexibility index (Phi) is 7.67. The lowest BCUT2D eigenvalue weighted by atomic mass is 10.2. The molecule has 4 nitrogen and oxygen atoms in total. The molecule has 1 saturated heterocycles. The number of carbonyl (C=O) groups excluding carboxylic acids is 1. The molecule has 7 heteroatoms. The highest BCUT2D eigenvalue weighted by Gasteiger charge is 2.28. The summed E-state index contributed by atoms with van der Waals surface area (Å²) in [7, 11) is 3.96. The smallest absolute Gasteiger partial charge is 0.387 e. The number of alkyl halides is 2. The molecule has 0 unspecified atom stereocenters. The number of ether oxygens (including phenoxy) is 1. The van der Waals surface area contributed by atoms with Crippen LogP contribution in [0.25, 0.3) is 0 Å². The minimum Gasteiger partial charge on any atom is -0.435 e. The van der Waals surface area contributed by atoms with Crippen molar-refractivity contribution in [2.24, 2.45) is 0 Å². The fraction of sp³-hybridized carbons (Fsp3) is 0.350. The zero-order valence-electron chi connectivity index (χ0n) is 15.3. The number of amides is 1. The molecule has 1 aliphatic rings. The summed E-state index contributed by atoms with van der Waals surface area (Å²) in [4.78, 5) is 16.1. The Morgan fingerprint density at radius 1 is 1.15 bits per heavy atom. The van der Waals surface area contributed by atoms with Gasteiger partial charge in [0.15, 0.2) is 0 Å². The van der Waals surface area contributed by atoms with E-state index in [4.69, 9.17) is 0 Å². The summed E-state index contributed by atoms with van der Waals surface area (Å²) in [6, 6.07) is 14.2. The third-order valence-electron chi connectivity index (χ3n) is 4.22. The standard InChI is InChI=1S/C14H18F2N2O2.C6H5F/c1-17(2)11-6-7-18(9-11)13(19)10-4-3-5-12(8-10)20-14(15)16;7-6-4-2-1-3-5-6/h3-5,8,11,14H,6-7,9H2,1-2H3;1-5H/t11-;/m1./s1. The molecule has 0 aliphatic carbocycles. The van der Waals surface area contributed by atoms with E-state index in [1.165, 1.54) is 24.3 Å². The van der Waals surface area contributed by atoms with Gasteiger partial charge in [-0.2, -0.15) is 8.78 Å². The van der Waals surface area contributed by atoms with Crippen molar-refractivity contribution in [1.29, 1.82) is 0 Å². The number of halogens is 3. The molecule has 1 aliphatic heterocycles. The zero-order chi connectivity index (χ0) is 19.8. The molecule has 1 atom stereocenters. The van der Waals surface area contributed by atoms with Crippen LogP contribution in [-0.4, -0.2) is 55.5 Å². The highest BCUT2D eigenvalue weighted by atomic mass is 19.3. The molecule has 0 N–H and O–H groups in total. The van der Waals surface area contributed by atoms with Crippen LogP contribution in [-0.2, 0) is 0 Å². The van der Waals surface area contributed by atoms with Crippen molar-refractivity contribution < 1.29 is 22.7 Å². The molecule has 0 radical (unpaired) electrons. The van der Waals surface area contributed by atoms with Gasteiger partial charge in [0.25, 0.3) is 5.91 Å². The molecule has 1 heterocycles. The molecule has 0 spiro atoms. The molecule has 27 heavy (non-hydrogen) atoms. The Labute approximate surface area is 157 Å². The Bertz CT molecular complexity index is 726. The summed E-state index contributed by atoms with van der Waals surface area (Å²) in [6.45, 7) is -1.54. The van der Waals surface area contributed by atoms with E-state index in [1.807, 2.05) is 14.1 Å². The average molecular weight is 380 g/mol. The quantitative estimate of drug-likeness (QED) is 0.807. The second-order valence-corrected chi connectivity index (χ2v) is 6.36. The van der Waals surface area contributed by atoms with E-state index in [2.05, 4.69) is 9.64 Å². The van der Waals surface area contributed by atoms with Crippen LogP contribution in [0.5, 0.6) is 5.75 Å². The second kappa shape index (κ2) is 9.97. The first kappa shape index (κ1) is 20.8. The Morgan fingerprint density at radius 2 is 1.85 bits per heavy atom. The number of benzene rings is 2. The van der Waals surface area contributed by atoms with Crippen molar-refractivity contribution in [3.05, 3.63) is 66.0 Å². The first-order valence-corrected chi connectivity index (χ1v) is 8.58.